The van der Waals surface area contributed by atoms with Crippen LogP contribution in [0.1, 0.15) is 51.1 Å². The van der Waals surface area contributed by atoms with Crippen LogP contribution in [0.25, 0.3) is 0 Å². The molecule has 1 nitrogen and oxygen atoms in total. The van der Waals surface area contributed by atoms with Crippen LogP contribution in [0.2, 0.25) is 0 Å². The normalized spacial score (nSPS) is 23.6. The highest BCUT2D eigenvalue weighted by molar-refractivity contribution is 7.10. The lowest BCUT2D eigenvalue weighted by Gasteiger charge is -2.20. The van der Waals surface area contributed by atoms with Crippen LogP contribution in [0.3, 0.4) is 0 Å². The summed E-state index contributed by atoms with van der Waals surface area (Å²) in [4.78, 5) is 1.54. The van der Waals surface area contributed by atoms with E-state index in [4.69, 9.17) is 0 Å². The average molecular weight is 251 g/mol. The van der Waals surface area contributed by atoms with Crippen molar-refractivity contribution in [2.45, 2.75) is 47.6 Å². The molecule has 1 N–H and O–H groups in total. The van der Waals surface area contributed by atoms with Crippen molar-refractivity contribution in [2.24, 2.45) is 16.7 Å². The Labute approximate surface area is 110 Å². The molecule has 1 heterocycles. The summed E-state index contributed by atoms with van der Waals surface area (Å²) < 4.78 is 0. The molecule has 1 aliphatic rings. The highest BCUT2D eigenvalue weighted by Gasteiger charge is 2.67. The molecule has 0 saturated heterocycles. The lowest BCUT2D eigenvalue weighted by molar-refractivity contribution is 0.423. The Morgan fingerprint density at radius 3 is 2.24 bits per heavy atom. The van der Waals surface area contributed by atoms with Gasteiger partial charge in [0.2, 0.25) is 0 Å². The van der Waals surface area contributed by atoms with Gasteiger partial charge in [-0.25, -0.2) is 0 Å². The number of rotatable bonds is 4. The van der Waals surface area contributed by atoms with E-state index in [0.29, 0.717) is 16.9 Å². The maximum Gasteiger partial charge on any atom is 0.0456 e. The number of thiophene rings is 1. The van der Waals surface area contributed by atoms with Gasteiger partial charge < -0.3 is 5.32 Å². The zero-order chi connectivity index (χ0) is 12.8. The van der Waals surface area contributed by atoms with Crippen LogP contribution in [-0.2, 0) is 0 Å². The summed E-state index contributed by atoms with van der Waals surface area (Å²) in [5.74, 6) is 0.743. The fourth-order valence-corrected chi connectivity index (χ4v) is 4.40. The predicted octanol–water partition coefficient (Wildman–Crippen LogP) is 4.39. The summed E-state index contributed by atoms with van der Waals surface area (Å²) >= 11 is 1.90. The van der Waals surface area contributed by atoms with Crippen LogP contribution >= 0.6 is 11.3 Å². The maximum absolute atomic E-state index is 3.71. The minimum absolute atomic E-state index is 0.441. The van der Waals surface area contributed by atoms with Crippen molar-refractivity contribution in [3.8, 4) is 0 Å². The van der Waals surface area contributed by atoms with Crippen molar-refractivity contribution in [3.63, 3.8) is 0 Å². The highest BCUT2D eigenvalue weighted by Crippen LogP contribution is 2.72. The molecule has 1 fully saturated rings. The lowest BCUT2D eigenvalue weighted by Crippen LogP contribution is -2.24. The smallest absolute Gasteiger partial charge is 0.0456 e. The van der Waals surface area contributed by atoms with Gasteiger partial charge in [0, 0.05) is 10.9 Å². The van der Waals surface area contributed by atoms with E-state index in [9.17, 15) is 0 Å². The zero-order valence-corrected chi connectivity index (χ0v) is 12.7. The molecule has 2 heteroatoms. The third kappa shape index (κ3) is 1.86. The molecule has 1 unspecified atom stereocenters. The molecule has 2 rings (SSSR count). The Bertz CT molecular complexity index is 389. The Morgan fingerprint density at radius 1 is 1.29 bits per heavy atom. The number of hydrogen-bond donors (Lipinski definition) is 1. The number of hydrogen-bond acceptors (Lipinski definition) is 2. The molecule has 1 aromatic rings. The Balaban J connectivity index is 2.30. The third-order valence-electron chi connectivity index (χ3n) is 5.07. The molecule has 0 aromatic carbocycles. The second kappa shape index (κ2) is 4.10. The number of nitrogens with one attached hydrogen (secondary N) is 1. The van der Waals surface area contributed by atoms with E-state index in [1.54, 1.807) is 0 Å². The van der Waals surface area contributed by atoms with Gasteiger partial charge in [-0.1, -0.05) is 34.6 Å². The first kappa shape index (κ1) is 13.1. The van der Waals surface area contributed by atoms with E-state index in [2.05, 4.69) is 58.3 Å². The molecule has 96 valence electrons. The monoisotopic (exact) mass is 251 g/mol. The van der Waals surface area contributed by atoms with Crippen LogP contribution in [0, 0.1) is 23.7 Å². The summed E-state index contributed by atoms with van der Waals surface area (Å²) in [6, 6.07) is 2.78. The molecule has 1 aliphatic carbocycles. The predicted molar refractivity (Wildman–Crippen MR) is 76.5 cm³/mol. The van der Waals surface area contributed by atoms with Crippen LogP contribution in [-0.4, -0.2) is 6.54 Å². The standard InChI is InChI=1S/C15H25NS/c1-7-16-11(12-10(2)8-9-17-12)13-14(3,4)15(13,5)6/h8-9,11,13,16H,7H2,1-6H3. The van der Waals surface area contributed by atoms with Crippen molar-refractivity contribution in [3.05, 3.63) is 21.9 Å². The Hall–Kier alpha value is -0.340. The molecule has 17 heavy (non-hydrogen) atoms. The fourth-order valence-electron chi connectivity index (χ4n) is 3.37. The topological polar surface area (TPSA) is 12.0 Å². The van der Waals surface area contributed by atoms with Crippen molar-refractivity contribution < 1.29 is 0 Å². The SMILES string of the molecule is CCNC(c1sccc1C)C1C(C)(C)C1(C)C. The second-order valence-corrected chi connectivity index (χ2v) is 7.37. The van der Waals surface area contributed by atoms with Crippen molar-refractivity contribution in [1.82, 2.24) is 5.32 Å². The summed E-state index contributed by atoms with van der Waals surface area (Å²) in [6.45, 7) is 15.1. The van der Waals surface area contributed by atoms with Crippen molar-refractivity contribution in [2.75, 3.05) is 6.54 Å². The van der Waals surface area contributed by atoms with E-state index in [1.165, 1.54) is 10.4 Å². The minimum atomic E-state index is 0.441. The van der Waals surface area contributed by atoms with Gasteiger partial charge in [-0.3, -0.25) is 0 Å². The van der Waals surface area contributed by atoms with Crippen molar-refractivity contribution in [1.29, 1.82) is 0 Å². The van der Waals surface area contributed by atoms with Crippen LogP contribution in [0.15, 0.2) is 11.4 Å². The molecule has 0 bridgehead atoms. The van der Waals surface area contributed by atoms with Crippen molar-refractivity contribution >= 4 is 11.3 Å². The minimum Gasteiger partial charge on any atom is -0.309 e. The van der Waals surface area contributed by atoms with Gasteiger partial charge in [0.05, 0.1) is 0 Å². The molecular formula is C15H25NS. The van der Waals surface area contributed by atoms with E-state index in [0.717, 1.165) is 12.5 Å². The van der Waals surface area contributed by atoms with E-state index >= 15 is 0 Å². The van der Waals surface area contributed by atoms with Gasteiger partial charge in [0.15, 0.2) is 0 Å². The van der Waals surface area contributed by atoms with Gasteiger partial charge in [-0.15, -0.1) is 11.3 Å². The molecule has 1 atom stereocenters. The van der Waals surface area contributed by atoms with Gasteiger partial charge in [-0.2, -0.15) is 0 Å². The first-order chi connectivity index (χ1) is 7.84. The van der Waals surface area contributed by atoms with E-state index in [-0.39, 0.29) is 0 Å². The molecule has 1 aromatic heterocycles. The quantitative estimate of drug-likeness (QED) is 0.837. The van der Waals surface area contributed by atoms with E-state index < -0.39 is 0 Å². The fraction of sp³-hybridized carbons (Fsp3) is 0.733. The Morgan fingerprint density at radius 2 is 1.88 bits per heavy atom. The van der Waals surface area contributed by atoms with Crippen LogP contribution in [0.5, 0.6) is 0 Å². The molecule has 0 spiro atoms. The largest absolute Gasteiger partial charge is 0.309 e. The summed E-state index contributed by atoms with van der Waals surface area (Å²) in [7, 11) is 0. The highest BCUT2D eigenvalue weighted by atomic mass is 32.1. The molecule has 0 amide bonds. The number of aryl methyl sites for hydroxylation is 1. The first-order valence-corrected chi connectivity index (χ1v) is 7.49. The van der Waals surface area contributed by atoms with Crippen LogP contribution in [0.4, 0.5) is 0 Å². The molecular weight excluding hydrogens is 226 g/mol. The third-order valence-corrected chi connectivity index (χ3v) is 6.18. The zero-order valence-electron chi connectivity index (χ0n) is 11.9. The lowest BCUT2D eigenvalue weighted by atomic mass is 10.0. The molecule has 0 aliphatic heterocycles. The summed E-state index contributed by atoms with van der Waals surface area (Å²) in [6.07, 6.45) is 0. The Kier molecular flexibility index (Phi) is 3.16. The average Bonchev–Trinajstić information content (AvgIpc) is 2.56. The summed E-state index contributed by atoms with van der Waals surface area (Å²) in [5, 5.41) is 5.93. The van der Waals surface area contributed by atoms with Gasteiger partial charge in [-0.05, 0) is 47.2 Å². The molecule has 0 radical (unpaired) electrons. The van der Waals surface area contributed by atoms with Gasteiger partial charge >= 0.3 is 0 Å². The molecule has 1 saturated carbocycles. The maximum atomic E-state index is 3.71. The second-order valence-electron chi connectivity index (χ2n) is 6.42. The first-order valence-electron chi connectivity index (χ1n) is 6.61. The van der Waals surface area contributed by atoms with Gasteiger partial charge in [0.1, 0.15) is 0 Å². The van der Waals surface area contributed by atoms with Gasteiger partial charge in [0.25, 0.3) is 0 Å². The summed E-state index contributed by atoms with van der Waals surface area (Å²) in [5.41, 5.74) is 2.33. The van der Waals surface area contributed by atoms with Crippen LogP contribution < -0.4 is 5.32 Å². The van der Waals surface area contributed by atoms with E-state index in [1.807, 2.05) is 11.3 Å².